The van der Waals surface area contributed by atoms with Crippen molar-refractivity contribution in [2.45, 2.75) is 12.1 Å². The van der Waals surface area contributed by atoms with Crippen LogP contribution in [0.4, 0.5) is 5.69 Å². The highest BCUT2D eigenvalue weighted by Gasteiger charge is 2.15. The molecule has 26 heavy (non-hydrogen) atoms. The van der Waals surface area contributed by atoms with E-state index in [0.29, 0.717) is 26.7 Å². The number of hydrogen-bond donors (Lipinski definition) is 1. The molecule has 0 saturated carbocycles. The minimum absolute atomic E-state index is 0.136. The van der Waals surface area contributed by atoms with Gasteiger partial charge in [0, 0.05) is 23.3 Å². The van der Waals surface area contributed by atoms with Crippen LogP contribution in [0.3, 0.4) is 0 Å². The first-order valence-electron chi connectivity index (χ1n) is 7.79. The molecule has 0 radical (unpaired) electrons. The number of halogens is 2. The van der Waals surface area contributed by atoms with Gasteiger partial charge in [-0.3, -0.25) is 4.79 Å². The van der Waals surface area contributed by atoms with Gasteiger partial charge in [0.25, 0.3) is 0 Å². The standard InChI is InChI=1S/C18H16Cl2N4OS/c1-11-13(19)8-5-9-15(11)21-16(25)10-26-18-23-22-17(24(18)2)12-6-3-4-7-14(12)20/h3-9H,10H2,1-2H3,(H,21,25). The lowest BCUT2D eigenvalue weighted by Crippen LogP contribution is -2.15. The quantitative estimate of drug-likeness (QED) is 0.616. The van der Waals surface area contributed by atoms with Gasteiger partial charge in [0.15, 0.2) is 11.0 Å². The van der Waals surface area contributed by atoms with E-state index in [4.69, 9.17) is 23.2 Å². The highest BCUT2D eigenvalue weighted by atomic mass is 35.5. The second kappa shape index (κ2) is 8.12. The van der Waals surface area contributed by atoms with E-state index >= 15 is 0 Å². The summed E-state index contributed by atoms with van der Waals surface area (Å²) in [6.07, 6.45) is 0. The number of amides is 1. The number of thioether (sulfide) groups is 1. The molecule has 0 aliphatic rings. The third-order valence-electron chi connectivity index (χ3n) is 3.82. The zero-order valence-corrected chi connectivity index (χ0v) is 16.5. The molecule has 3 rings (SSSR count). The molecule has 0 unspecified atom stereocenters. The van der Waals surface area contributed by atoms with E-state index in [9.17, 15) is 4.79 Å². The Bertz CT molecular complexity index is 958. The van der Waals surface area contributed by atoms with Crippen molar-refractivity contribution in [3.63, 3.8) is 0 Å². The van der Waals surface area contributed by atoms with Crippen LogP contribution in [0, 0.1) is 6.92 Å². The second-order valence-electron chi connectivity index (χ2n) is 5.59. The van der Waals surface area contributed by atoms with Gasteiger partial charge in [-0.25, -0.2) is 0 Å². The number of benzene rings is 2. The summed E-state index contributed by atoms with van der Waals surface area (Å²) < 4.78 is 1.82. The van der Waals surface area contributed by atoms with Crippen LogP contribution in [0.25, 0.3) is 11.4 Å². The predicted molar refractivity (Wildman–Crippen MR) is 107 cm³/mol. The number of anilines is 1. The van der Waals surface area contributed by atoms with E-state index in [1.165, 1.54) is 11.8 Å². The Labute approximate surface area is 165 Å². The van der Waals surface area contributed by atoms with Crippen LogP contribution in [0.2, 0.25) is 10.0 Å². The highest BCUT2D eigenvalue weighted by molar-refractivity contribution is 7.99. The third kappa shape index (κ3) is 4.03. The molecular formula is C18H16Cl2N4OS. The van der Waals surface area contributed by atoms with Crippen molar-refractivity contribution < 1.29 is 4.79 Å². The van der Waals surface area contributed by atoms with Gasteiger partial charge in [-0.05, 0) is 36.8 Å². The van der Waals surface area contributed by atoms with Crippen molar-refractivity contribution in [1.82, 2.24) is 14.8 Å². The molecule has 1 aromatic heterocycles. The van der Waals surface area contributed by atoms with E-state index < -0.39 is 0 Å². The van der Waals surface area contributed by atoms with Gasteiger partial charge in [0.05, 0.1) is 10.8 Å². The van der Waals surface area contributed by atoms with E-state index in [2.05, 4.69) is 15.5 Å². The maximum Gasteiger partial charge on any atom is 0.234 e. The lowest BCUT2D eigenvalue weighted by Gasteiger charge is -2.09. The van der Waals surface area contributed by atoms with Crippen molar-refractivity contribution in [2.24, 2.45) is 7.05 Å². The summed E-state index contributed by atoms with van der Waals surface area (Å²) in [5, 5.41) is 13.1. The van der Waals surface area contributed by atoms with Crippen LogP contribution in [-0.2, 0) is 11.8 Å². The summed E-state index contributed by atoms with van der Waals surface area (Å²) in [4.78, 5) is 12.2. The largest absolute Gasteiger partial charge is 0.325 e. The van der Waals surface area contributed by atoms with Gasteiger partial charge < -0.3 is 9.88 Å². The molecule has 1 amide bonds. The topological polar surface area (TPSA) is 59.8 Å². The zero-order valence-electron chi connectivity index (χ0n) is 14.2. The molecule has 2 aromatic carbocycles. The molecular weight excluding hydrogens is 391 g/mol. The summed E-state index contributed by atoms with van der Waals surface area (Å²) in [5.41, 5.74) is 2.35. The zero-order chi connectivity index (χ0) is 18.7. The smallest absolute Gasteiger partial charge is 0.234 e. The number of rotatable bonds is 5. The molecule has 134 valence electrons. The van der Waals surface area contributed by atoms with Crippen molar-refractivity contribution in [3.05, 3.63) is 58.1 Å². The molecule has 3 aromatic rings. The minimum atomic E-state index is -0.136. The van der Waals surface area contributed by atoms with Crippen molar-refractivity contribution in [1.29, 1.82) is 0 Å². The summed E-state index contributed by atoms with van der Waals surface area (Å²) in [6, 6.07) is 12.9. The Hall–Kier alpha value is -2.02. The monoisotopic (exact) mass is 406 g/mol. The summed E-state index contributed by atoms with van der Waals surface area (Å²) >= 11 is 13.6. The van der Waals surface area contributed by atoms with Gasteiger partial charge in [-0.15, -0.1) is 10.2 Å². The molecule has 8 heteroatoms. The molecule has 1 heterocycles. The lowest BCUT2D eigenvalue weighted by atomic mass is 10.2. The lowest BCUT2D eigenvalue weighted by molar-refractivity contribution is -0.113. The number of nitrogens with one attached hydrogen (secondary N) is 1. The maximum atomic E-state index is 12.2. The van der Waals surface area contributed by atoms with Gasteiger partial charge in [0.2, 0.25) is 5.91 Å². The molecule has 0 bridgehead atoms. The summed E-state index contributed by atoms with van der Waals surface area (Å²) in [5.74, 6) is 0.729. The molecule has 0 aliphatic carbocycles. The predicted octanol–water partition coefficient (Wildman–Crippen LogP) is 4.83. The van der Waals surface area contributed by atoms with E-state index in [-0.39, 0.29) is 11.7 Å². The minimum Gasteiger partial charge on any atom is -0.325 e. The molecule has 0 aliphatic heterocycles. The fraction of sp³-hybridized carbons (Fsp3) is 0.167. The fourth-order valence-corrected chi connectivity index (χ4v) is 3.48. The Morgan fingerprint density at radius 1 is 1.12 bits per heavy atom. The van der Waals surface area contributed by atoms with Crippen LogP contribution in [0.1, 0.15) is 5.56 Å². The van der Waals surface area contributed by atoms with Gasteiger partial charge in [0.1, 0.15) is 0 Å². The summed E-state index contributed by atoms with van der Waals surface area (Å²) in [6.45, 7) is 1.86. The molecule has 0 fully saturated rings. The van der Waals surface area contributed by atoms with Gasteiger partial charge in [-0.1, -0.05) is 53.2 Å². The number of carbonyl (C=O) groups excluding carboxylic acids is 1. The van der Waals surface area contributed by atoms with E-state index in [1.807, 2.05) is 42.8 Å². The van der Waals surface area contributed by atoms with Crippen LogP contribution < -0.4 is 5.32 Å². The van der Waals surface area contributed by atoms with Crippen molar-refractivity contribution in [3.8, 4) is 11.4 Å². The first kappa shape index (κ1) is 18.8. The Morgan fingerprint density at radius 2 is 1.85 bits per heavy atom. The van der Waals surface area contributed by atoms with Gasteiger partial charge in [-0.2, -0.15) is 0 Å². The molecule has 1 N–H and O–H groups in total. The molecule has 0 atom stereocenters. The van der Waals surface area contributed by atoms with E-state index in [1.54, 1.807) is 18.2 Å². The van der Waals surface area contributed by atoms with E-state index in [0.717, 1.165) is 11.1 Å². The summed E-state index contributed by atoms with van der Waals surface area (Å²) in [7, 11) is 1.85. The Kier molecular flexibility index (Phi) is 5.86. The fourth-order valence-electron chi connectivity index (χ4n) is 2.38. The van der Waals surface area contributed by atoms with Crippen LogP contribution in [0.5, 0.6) is 0 Å². The maximum absolute atomic E-state index is 12.2. The number of nitrogens with zero attached hydrogens (tertiary/aromatic N) is 3. The molecule has 5 nitrogen and oxygen atoms in total. The number of carbonyl (C=O) groups is 1. The molecule has 0 saturated heterocycles. The van der Waals surface area contributed by atoms with Gasteiger partial charge >= 0.3 is 0 Å². The first-order valence-corrected chi connectivity index (χ1v) is 9.53. The third-order valence-corrected chi connectivity index (χ3v) is 5.58. The Morgan fingerprint density at radius 3 is 2.62 bits per heavy atom. The van der Waals surface area contributed by atoms with Crippen LogP contribution in [-0.4, -0.2) is 26.4 Å². The highest BCUT2D eigenvalue weighted by Crippen LogP contribution is 2.28. The normalized spacial score (nSPS) is 10.8. The second-order valence-corrected chi connectivity index (χ2v) is 7.35. The first-order chi connectivity index (χ1) is 12.5. The Balaban J connectivity index is 1.68. The van der Waals surface area contributed by atoms with Crippen LogP contribution in [0.15, 0.2) is 47.6 Å². The average Bonchev–Trinajstić information content (AvgIpc) is 2.98. The SMILES string of the molecule is Cc1c(Cl)cccc1NC(=O)CSc1nnc(-c2ccccc2Cl)n1C. The molecule has 0 spiro atoms. The van der Waals surface area contributed by atoms with Crippen molar-refractivity contribution >= 4 is 46.6 Å². The number of hydrogen-bond acceptors (Lipinski definition) is 4. The van der Waals surface area contributed by atoms with Crippen LogP contribution >= 0.6 is 35.0 Å². The van der Waals surface area contributed by atoms with Crippen molar-refractivity contribution in [2.75, 3.05) is 11.1 Å². The number of aromatic nitrogens is 3. The average molecular weight is 407 g/mol.